The van der Waals surface area contributed by atoms with Crippen molar-refractivity contribution in [2.45, 2.75) is 6.04 Å². The first kappa shape index (κ1) is 20.1. The first-order chi connectivity index (χ1) is 14.5. The van der Waals surface area contributed by atoms with Gasteiger partial charge in [0.1, 0.15) is 17.1 Å². The zero-order chi connectivity index (χ0) is 21.3. The average Bonchev–Trinajstić information content (AvgIpc) is 2.75. The molecule has 4 rings (SSSR count). The molecule has 1 amide bonds. The number of aromatic nitrogens is 1. The van der Waals surface area contributed by atoms with Gasteiger partial charge in [0.25, 0.3) is 5.91 Å². The summed E-state index contributed by atoms with van der Waals surface area (Å²) in [5, 5.41) is 14.9. The molecule has 4 aromatic rings. The van der Waals surface area contributed by atoms with E-state index < -0.39 is 17.8 Å². The third-order valence-corrected chi connectivity index (χ3v) is 5.43. The standard InChI is InChI=1S/C23H15Cl2FN2O2/c24-18-6-2-1-5-15(18)23(30)28-21(17-12-14(26)8-10-19(17)25)16-9-7-13-4-3-11-27-20(13)22(16)29/h1-12,21,29H,(H,28,30). The van der Waals surface area contributed by atoms with E-state index in [1.807, 2.05) is 0 Å². The third kappa shape index (κ3) is 3.82. The zero-order valence-electron chi connectivity index (χ0n) is 15.4. The van der Waals surface area contributed by atoms with Gasteiger partial charge in [0.2, 0.25) is 0 Å². The maximum absolute atomic E-state index is 14.0. The Morgan fingerprint density at radius 1 is 0.967 bits per heavy atom. The number of phenols is 1. The lowest BCUT2D eigenvalue weighted by molar-refractivity contribution is 0.0943. The van der Waals surface area contributed by atoms with Crippen molar-refractivity contribution in [3.05, 3.63) is 105 Å². The van der Waals surface area contributed by atoms with Crippen LogP contribution in [0.1, 0.15) is 27.5 Å². The van der Waals surface area contributed by atoms with E-state index in [2.05, 4.69) is 10.3 Å². The topological polar surface area (TPSA) is 62.2 Å². The molecule has 1 atom stereocenters. The molecule has 0 bridgehead atoms. The van der Waals surface area contributed by atoms with Gasteiger partial charge in [-0.2, -0.15) is 0 Å². The van der Waals surface area contributed by atoms with E-state index in [1.165, 1.54) is 18.2 Å². The largest absolute Gasteiger partial charge is 0.505 e. The number of carbonyl (C=O) groups is 1. The van der Waals surface area contributed by atoms with Gasteiger partial charge in [0.15, 0.2) is 0 Å². The second kappa shape index (κ2) is 8.30. The van der Waals surface area contributed by atoms with Gasteiger partial charge in [-0.15, -0.1) is 0 Å². The number of halogens is 3. The SMILES string of the molecule is O=C(NC(c1cc(F)ccc1Cl)c1ccc2cccnc2c1O)c1ccccc1Cl. The van der Waals surface area contributed by atoms with E-state index in [0.717, 1.165) is 5.39 Å². The molecule has 4 nitrogen and oxygen atoms in total. The quantitative estimate of drug-likeness (QED) is 0.414. The molecule has 0 aliphatic heterocycles. The summed E-state index contributed by atoms with van der Waals surface area (Å²) in [5.74, 6) is -1.14. The number of benzene rings is 3. The van der Waals surface area contributed by atoms with Crippen molar-refractivity contribution in [1.82, 2.24) is 10.3 Å². The van der Waals surface area contributed by atoms with E-state index >= 15 is 0 Å². The van der Waals surface area contributed by atoms with Crippen LogP contribution in [-0.4, -0.2) is 16.0 Å². The molecular weight excluding hydrogens is 426 g/mol. The van der Waals surface area contributed by atoms with Crippen LogP contribution in [0.4, 0.5) is 4.39 Å². The molecule has 0 saturated carbocycles. The third-order valence-electron chi connectivity index (χ3n) is 4.75. The highest BCUT2D eigenvalue weighted by Crippen LogP contribution is 2.37. The Morgan fingerprint density at radius 3 is 2.57 bits per heavy atom. The van der Waals surface area contributed by atoms with Crippen LogP contribution in [0.2, 0.25) is 10.0 Å². The minimum absolute atomic E-state index is 0.127. The van der Waals surface area contributed by atoms with Crippen LogP contribution < -0.4 is 5.32 Å². The number of nitrogens with zero attached hydrogens (tertiary/aromatic N) is 1. The Balaban J connectivity index is 1.86. The molecule has 0 radical (unpaired) electrons. The Labute approximate surface area is 181 Å². The van der Waals surface area contributed by atoms with Crippen molar-refractivity contribution in [3.63, 3.8) is 0 Å². The maximum atomic E-state index is 14.0. The van der Waals surface area contributed by atoms with Crippen LogP contribution in [0.3, 0.4) is 0 Å². The summed E-state index contributed by atoms with van der Waals surface area (Å²) < 4.78 is 14.0. The number of phenolic OH excluding ortho intramolecular Hbond substituents is 1. The predicted molar refractivity (Wildman–Crippen MR) is 116 cm³/mol. The summed E-state index contributed by atoms with van der Waals surface area (Å²) in [7, 11) is 0. The number of pyridine rings is 1. The molecule has 1 unspecified atom stereocenters. The summed E-state index contributed by atoms with van der Waals surface area (Å²) in [4.78, 5) is 17.2. The molecule has 1 heterocycles. The summed E-state index contributed by atoms with van der Waals surface area (Å²) in [6.07, 6.45) is 1.55. The van der Waals surface area contributed by atoms with Gasteiger partial charge < -0.3 is 10.4 Å². The lowest BCUT2D eigenvalue weighted by Crippen LogP contribution is -2.30. The van der Waals surface area contributed by atoms with Crippen LogP contribution in [0, 0.1) is 5.82 Å². The number of hydrogen-bond donors (Lipinski definition) is 2. The fourth-order valence-electron chi connectivity index (χ4n) is 3.29. The summed E-state index contributed by atoms with van der Waals surface area (Å²) >= 11 is 12.5. The molecule has 0 saturated heterocycles. The number of aromatic hydroxyl groups is 1. The zero-order valence-corrected chi connectivity index (χ0v) is 17.0. The molecule has 0 spiro atoms. The van der Waals surface area contributed by atoms with Gasteiger partial charge in [-0.1, -0.05) is 53.5 Å². The molecule has 1 aromatic heterocycles. The van der Waals surface area contributed by atoms with Gasteiger partial charge in [-0.05, 0) is 36.4 Å². The highest BCUT2D eigenvalue weighted by atomic mass is 35.5. The number of fused-ring (bicyclic) bond motifs is 1. The van der Waals surface area contributed by atoms with Gasteiger partial charge in [-0.3, -0.25) is 9.78 Å². The second-order valence-electron chi connectivity index (χ2n) is 6.63. The Kier molecular flexibility index (Phi) is 5.57. The molecule has 0 fully saturated rings. The van der Waals surface area contributed by atoms with Crippen molar-refractivity contribution >= 4 is 40.0 Å². The lowest BCUT2D eigenvalue weighted by Gasteiger charge is -2.23. The number of hydrogen-bond acceptors (Lipinski definition) is 3. The van der Waals surface area contributed by atoms with Crippen molar-refractivity contribution < 1.29 is 14.3 Å². The molecule has 30 heavy (non-hydrogen) atoms. The van der Waals surface area contributed by atoms with E-state index in [9.17, 15) is 14.3 Å². The normalized spacial score (nSPS) is 12.0. The fraction of sp³-hybridized carbons (Fsp3) is 0.0435. The van der Waals surface area contributed by atoms with E-state index in [-0.39, 0.29) is 21.4 Å². The van der Waals surface area contributed by atoms with Gasteiger partial charge in [-0.25, -0.2) is 4.39 Å². The highest BCUT2D eigenvalue weighted by Gasteiger charge is 2.25. The second-order valence-corrected chi connectivity index (χ2v) is 7.45. The van der Waals surface area contributed by atoms with Gasteiger partial charge in [0.05, 0.1) is 16.6 Å². The van der Waals surface area contributed by atoms with Crippen molar-refractivity contribution in [1.29, 1.82) is 0 Å². The summed E-state index contributed by atoms with van der Waals surface area (Å²) in [6.45, 7) is 0. The average molecular weight is 441 g/mol. The predicted octanol–water partition coefficient (Wildman–Crippen LogP) is 5.91. The van der Waals surface area contributed by atoms with Gasteiger partial charge >= 0.3 is 0 Å². The van der Waals surface area contributed by atoms with Crippen molar-refractivity contribution in [2.75, 3.05) is 0 Å². The number of rotatable bonds is 4. The molecule has 2 N–H and O–H groups in total. The fourth-order valence-corrected chi connectivity index (χ4v) is 3.74. The minimum atomic E-state index is -0.941. The van der Waals surface area contributed by atoms with Crippen LogP contribution >= 0.6 is 23.2 Å². The molecule has 150 valence electrons. The molecule has 0 aliphatic rings. The van der Waals surface area contributed by atoms with Gasteiger partial charge in [0, 0.05) is 27.7 Å². The summed E-state index contributed by atoms with van der Waals surface area (Å²) in [5.41, 5.74) is 1.23. The first-order valence-electron chi connectivity index (χ1n) is 9.02. The molecule has 7 heteroatoms. The van der Waals surface area contributed by atoms with E-state index in [4.69, 9.17) is 23.2 Å². The molecular formula is C23H15Cl2FN2O2. The van der Waals surface area contributed by atoms with Crippen LogP contribution in [0.5, 0.6) is 5.75 Å². The Hall–Kier alpha value is -3.15. The number of carbonyl (C=O) groups excluding carboxylic acids is 1. The Morgan fingerprint density at radius 2 is 1.77 bits per heavy atom. The highest BCUT2D eigenvalue weighted by molar-refractivity contribution is 6.34. The van der Waals surface area contributed by atoms with Crippen molar-refractivity contribution in [2.24, 2.45) is 0 Å². The minimum Gasteiger partial charge on any atom is -0.505 e. The lowest BCUT2D eigenvalue weighted by atomic mass is 9.95. The number of nitrogens with one attached hydrogen (secondary N) is 1. The monoisotopic (exact) mass is 440 g/mol. The Bertz CT molecular complexity index is 1260. The summed E-state index contributed by atoms with van der Waals surface area (Å²) in [6, 6.07) is 16.4. The maximum Gasteiger partial charge on any atom is 0.253 e. The van der Waals surface area contributed by atoms with Crippen molar-refractivity contribution in [3.8, 4) is 5.75 Å². The first-order valence-corrected chi connectivity index (χ1v) is 9.78. The smallest absolute Gasteiger partial charge is 0.253 e. The van der Waals surface area contributed by atoms with E-state index in [1.54, 1.807) is 54.7 Å². The van der Waals surface area contributed by atoms with E-state index in [0.29, 0.717) is 16.6 Å². The van der Waals surface area contributed by atoms with Crippen LogP contribution in [0.15, 0.2) is 72.9 Å². The van der Waals surface area contributed by atoms with Crippen LogP contribution in [-0.2, 0) is 0 Å². The van der Waals surface area contributed by atoms with Crippen LogP contribution in [0.25, 0.3) is 10.9 Å². The molecule has 0 aliphatic carbocycles. The molecule has 3 aromatic carbocycles. The number of amides is 1.